The molecular formula is C37H31F10NO3. The molecule has 0 spiro atoms. The van der Waals surface area contributed by atoms with Crippen LogP contribution in [0.4, 0.5) is 43.9 Å². The van der Waals surface area contributed by atoms with Crippen LogP contribution in [0.2, 0.25) is 0 Å². The van der Waals surface area contributed by atoms with Crippen molar-refractivity contribution >= 4 is 5.91 Å². The van der Waals surface area contributed by atoms with E-state index in [0.29, 0.717) is 17.7 Å². The van der Waals surface area contributed by atoms with Crippen molar-refractivity contribution in [1.82, 2.24) is 5.32 Å². The van der Waals surface area contributed by atoms with Crippen molar-refractivity contribution in [1.29, 1.82) is 0 Å². The molecule has 1 aliphatic carbocycles. The standard InChI is InChI=1S/C37H31F10NO3/c38-27-16-26(17-28(19-27)51-37(46,47)34(41)42)35(20-22-7-3-1-4-8-22,48-33(49)24-11-13-30(39)29(15-24)36(43,44)45)25-12-14-31(40)32(18-25)50-21-23-9-5-2-6-10-23/h1,3-4,7-8,11-19,23,34H,2,5-6,9-10,20-21H2,(H,48,49). The van der Waals surface area contributed by atoms with Gasteiger partial charge in [0.2, 0.25) is 0 Å². The van der Waals surface area contributed by atoms with Crippen molar-refractivity contribution in [2.24, 2.45) is 5.92 Å². The minimum absolute atomic E-state index is 0.0601. The van der Waals surface area contributed by atoms with Gasteiger partial charge in [0.15, 0.2) is 11.6 Å². The third-order valence-electron chi connectivity index (χ3n) is 8.67. The van der Waals surface area contributed by atoms with Crippen molar-refractivity contribution in [3.8, 4) is 11.5 Å². The maximum absolute atomic E-state index is 15.3. The molecule has 1 unspecified atom stereocenters. The van der Waals surface area contributed by atoms with Crippen LogP contribution >= 0.6 is 0 Å². The fourth-order valence-corrected chi connectivity index (χ4v) is 6.12. The van der Waals surface area contributed by atoms with Gasteiger partial charge in [-0.05, 0) is 77.9 Å². The van der Waals surface area contributed by atoms with Gasteiger partial charge >= 0.3 is 18.7 Å². The van der Waals surface area contributed by atoms with Crippen LogP contribution < -0.4 is 14.8 Å². The first-order valence-electron chi connectivity index (χ1n) is 15.9. The lowest BCUT2D eigenvalue weighted by Gasteiger charge is -2.37. The lowest BCUT2D eigenvalue weighted by molar-refractivity contribution is -0.253. The van der Waals surface area contributed by atoms with E-state index in [1.807, 2.05) is 0 Å². The van der Waals surface area contributed by atoms with E-state index in [-0.39, 0.29) is 36.3 Å². The van der Waals surface area contributed by atoms with Gasteiger partial charge in [-0.2, -0.15) is 30.7 Å². The fourth-order valence-electron chi connectivity index (χ4n) is 6.12. The van der Waals surface area contributed by atoms with Crippen LogP contribution in [0, 0.1) is 23.4 Å². The zero-order valence-electron chi connectivity index (χ0n) is 26.7. The Morgan fingerprint density at radius 2 is 1.47 bits per heavy atom. The second-order valence-electron chi connectivity index (χ2n) is 12.3. The molecule has 0 bridgehead atoms. The minimum atomic E-state index is -5.20. The highest BCUT2D eigenvalue weighted by atomic mass is 19.4. The number of rotatable bonds is 12. The number of carbonyl (C=O) groups excluding carboxylic acids is 1. The number of hydrogen-bond acceptors (Lipinski definition) is 3. The third-order valence-corrected chi connectivity index (χ3v) is 8.67. The summed E-state index contributed by atoms with van der Waals surface area (Å²) in [4.78, 5) is 13.9. The summed E-state index contributed by atoms with van der Waals surface area (Å²) in [5.41, 5.74) is -4.69. The molecule has 0 aromatic heterocycles. The number of nitrogens with one attached hydrogen (secondary N) is 1. The summed E-state index contributed by atoms with van der Waals surface area (Å²) in [6.07, 6.45) is -10.3. The summed E-state index contributed by atoms with van der Waals surface area (Å²) in [6, 6.07) is 14.6. The molecular weight excluding hydrogens is 696 g/mol. The number of amides is 1. The van der Waals surface area contributed by atoms with Crippen molar-refractivity contribution in [2.45, 2.75) is 62.8 Å². The van der Waals surface area contributed by atoms with Crippen LogP contribution in [0.25, 0.3) is 0 Å². The highest BCUT2D eigenvalue weighted by Crippen LogP contribution is 2.40. The molecule has 1 saturated carbocycles. The Kier molecular flexibility index (Phi) is 11.2. The molecule has 1 atom stereocenters. The molecule has 1 aliphatic rings. The topological polar surface area (TPSA) is 47.6 Å². The van der Waals surface area contributed by atoms with Gasteiger partial charge in [0.05, 0.1) is 17.7 Å². The molecule has 0 aliphatic heterocycles. The largest absolute Gasteiger partial charge is 0.490 e. The molecule has 4 aromatic carbocycles. The Morgan fingerprint density at radius 1 is 0.784 bits per heavy atom. The lowest BCUT2D eigenvalue weighted by atomic mass is 9.77. The molecule has 0 saturated heterocycles. The molecule has 5 rings (SSSR count). The van der Waals surface area contributed by atoms with Crippen LogP contribution in [0.3, 0.4) is 0 Å². The zero-order chi connectivity index (χ0) is 37.0. The van der Waals surface area contributed by atoms with E-state index in [4.69, 9.17) is 4.74 Å². The molecule has 1 amide bonds. The second kappa shape index (κ2) is 15.2. The van der Waals surface area contributed by atoms with Gasteiger partial charge in [-0.1, -0.05) is 55.7 Å². The maximum Gasteiger partial charge on any atom is 0.461 e. The van der Waals surface area contributed by atoms with Gasteiger partial charge in [-0.15, -0.1) is 0 Å². The summed E-state index contributed by atoms with van der Waals surface area (Å²) >= 11 is 0. The molecule has 14 heteroatoms. The van der Waals surface area contributed by atoms with Crippen molar-refractivity contribution in [2.75, 3.05) is 6.61 Å². The number of alkyl halides is 7. The van der Waals surface area contributed by atoms with Gasteiger partial charge in [0.25, 0.3) is 5.91 Å². The molecule has 51 heavy (non-hydrogen) atoms. The van der Waals surface area contributed by atoms with Crippen LogP contribution in [0.1, 0.15) is 64.7 Å². The van der Waals surface area contributed by atoms with E-state index < -0.39 is 70.0 Å². The minimum Gasteiger partial charge on any atom is -0.490 e. The van der Waals surface area contributed by atoms with E-state index in [1.165, 1.54) is 6.07 Å². The van der Waals surface area contributed by atoms with E-state index >= 15 is 8.78 Å². The second-order valence-corrected chi connectivity index (χ2v) is 12.3. The van der Waals surface area contributed by atoms with E-state index in [9.17, 15) is 39.9 Å². The highest BCUT2D eigenvalue weighted by molar-refractivity contribution is 5.95. The Morgan fingerprint density at radius 3 is 2.14 bits per heavy atom. The Hall–Kier alpha value is -4.75. The quantitative estimate of drug-likeness (QED) is 0.148. The number of benzene rings is 4. The summed E-state index contributed by atoms with van der Waals surface area (Å²) in [6.45, 7) is 0.120. The van der Waals surface area contributed by atoms with Gasteiger partial charge < -0.3 is 14.8 Å². The van der Waals surface area contributed by atoms with Crippen LogP contribution in [0.15, 0.2) is 84.9 Å². The first-order valence-corrected chi connectivity index (χ1v) is 15.9. The van der Waals surface area contributed by atoms with Gasteiger partial charge in [0.1, 0.15) is 17.4 Å². The van der Waals surface area contributed by atoms with E-state index in [1.54, 1.807) is 30.3 Å². The fraction of sp³-hybridized carbons (Fsp3) is 0.324. The monoisotopic (exact) mass is 727 g/mol. The third kappa shape index (κ3) is 8.95. The molecule has 1 N–H and O–H groups in total. The summed E-state index contributed by atoms with van der Waals surface area (Å²) < 4.78 is 150. The first kappa shape index (κ1) is 37.5. The number of hydrogen-bond donors (Lipinski definition) is 1. The average molecular weight is 728 g/mol. The van der Waals surface area contributed by atoms with Crippen LogP contribution in [-0.4, -0.2) is 25.0 Å². The SMILES string of the molecule is O=C(NC(Cc1ccccc1)(c1cc(F)cc(OC(F)(F)C(F)F)c1)c1ccc(F)c(OCC2CCCCC2)c1)c1ccc(F)c(C(F)(F)F)c1. The molecule has 0 heterocycles. The van der Waals surface area contributed by atoms with Crippen molar-refractivity contribution < 1.29 is 58.2 Å². The summed E-state index contributed by atoms with van der Waals surface area (Å²) in [7, 11) is 0. The Balaban J connectivity index is 1.71. The molecule has 4 aromatic rings. The van der Waals surface area contributed by atoms with Crippen LogP contribution in [-0.2, 0) is 18.1 Å². The molecule has 272 valence electrons. The molecule has 1 fully saturated rings. The predicted octanol–water partition coefficient (Wildman–Crippen LogP) is 10.2. The van der Waals surface area contributed by atoms with Gasteiger partial charge in [-0.3, -0.25) is 4.79 Å². The number of carbonyl (C=O) groups is 1. The smallest absolute Gasteiger partial charge is 0.461 e. The van der Waals surface area contributed by atoms with E-state index in [2.05, 4.69) is 10.1 Å². The van der Waals surface area contributed by atoms with Crippen LogP contribution in [0.5, 0.6) is 11.5 Å². The Bertz CT molecular complexity index is 1830. The van der Waals surface area contributed by atoms with Gasteiger partial charge in [-0.25, -0.2) is 13.2 Å². The lowest BCUT2D eigenvalue weighted by Crippen LogP contribution is -2.49. The normalized spacial score (nSPS) is 15.4. The number of ether oxygens (including phenoxy) is 2. The summed E-state index contributed by atoms with van der Waals surface area (Å²) in [5, 5.41) is 2.55. The highest BCUT2D eigenvalue weighted by Gasteiger charge is 2.45. The van der Waals surface area contributed by atoms with E-state index in [0.717, 1.165) is 62.4 Å². The van der Waals surface area contributed by atoms with Crippen molar-refractivity contribution in [3.63, 3.8) is 0 Å². The molecule has 0 radical (unpaired) electrons. The Labute approximate surface area is 286 Å². The molecule has 4 nitrogen and oxygen atoms in total. The maximum atomic E-state index is 15.3. The average Bonchev–Trinajstić information content (AvgIpc) is 3.07. The zero-order valence-corrected chi connectivity index (χ0v) is 26.7. The summed E-state index contributed by atoms with van der Waals surface area (Å²) in [5.74, 6) is -6.33. The predicted molar refractivity (Wildman–Crippen MR) is 166 cm³/mol. The number of halogens is 10. The first-order chi connectivity index (χ1) is 24.1. The van der Waals surface area contributed by atoms with Crippen molar-refractivity contribution in [3.05, 3.63) is 130 Å². The van der Waals surface area contributed by atoms with Gasteiger partial charge in [0, 0.05) is 18.1 Å².